The first-order valence-electron chi connectivity index (χ1n) is 7.85. The summed E-state index contributed by atoms with van der Waals surface area (Å²) in [6.45, 7) is 7.86. The van der Waals surface area contributed by atoms with E-state index in [1.807, 2.05) is 24.4 Å². The van der Waals surface area contributed by atoms with Crippen molar-refractivity contribution in [1.82, 2.24) is 5.32 Å². The van der Waals surface area contributed by atoms with E-state index in [-0.39, 0.29) is 17.9 Å². The topological polar surface area (TPSA) is 41.5 Å². The summed E-state index contributed by atoms with van der Waals surface area (Å²) < 4.78 is 0. The zero-order valence-corrected chi connectivity index (χ0v) is 13.3. The number of hydrogen-bond acceptors (Lipinski definition) is 3. The molecule has 0 saturated heterocycles. The third-order valence-electron chi connectivity index (χ3n) is 4.25. The van der Waals surface area contributed by atoms with Crippen LogP contribution >= 0.6 is 0 Å². The first kappa shape index (κ1) is 16.2. The van der Waals surface area contributed by atoms with E-state index in [4.69, 9.17) is 0 Å². The summed E-state index contributed by atoms with van der Waals surface area (Å²) >= 11 is 0. The van der Waals surface area contributed by atoms with Gasteiger partial charge in [0.1, 0.15) is 6.29 Å². The molecule has 116 valence electrons. The summed E-state index contributed by atoms with van der Waals surface area (Å²) in [5.74, 6) is 0.252. The molecule has 0 fully saturated rings. The second kappa shape index (κ2) is 7.74. The van der Waals surface area contributed by atoms with Gasteiger partial charge in [-0.05, 0) is 30.9 Å². The molecule has 1 aromatic rings. The van der Waals surface area contributed by atoms with Crippen molar-refractivity contribution in [1.29, 1.82) is 0 Å². The molecular weight excluding hydrogens is 272 g/mol. The Morgan fingerprint density at radius 1 is 1.36 bits per heavy atom. The van der Waals surface area contributed by atoms with Crippen LogP contribution in [0.1, 0.15) is 32.3 Å². The molecule has 3 unspecified atom stereocenters. The Kier molecular flexibility index (Phi) is 5.70. The molecule has 1 heterocycles. The zero-order valence-electron chi connectivity index (χ0n) is 13.3. The minimum absolute atomic E-state index is 0.0560. The smallest absolute Gasteiger partial charge is 0.123 e. The second-order valence-corrected chi connectivity index (χ2v) is 5.71. The second-order valence-electron chi connectivity index (χ2n) is 5.71. The highest BCUT2D eigenvalue weighted by Gasteiger charge is 2.31. The minimum Gasteiger partial charge on any atom is -0.381 e. The average molecular weight is 296 g/mol. The van der Waals surface area contributed by atoms with Crippen molar-refractivity contribution < 1.29 is 4.79 Å². The predicted molar refractivity (Wildman–Crippen MR) is 92.6 cm³/mol. The van der Waals surface area contributed by atoms with E-state index in [9.17, 15) is 4.79 Å². The Bertz CT molecular complexity index is 574. The van der Waals surface area contributed by atoms with Gasteiger partial charge in [0, 0.05) is 36.0 Å². The van der Waals surface area contributed by atoms with Crippen molar-refractivity contribution in [2.75, 3.05) is 0 Å². The molecule has 22 heavy (non-hydrogen) atoms. The van der Waals surface area contributed by atoms with Crippen molar-refractivity contribution >= 4 is 18.2 Å². The maximum Gasteiger partial charge on any atom is 0.123 e. The fourth-order valence-electron chi connectivity index (χ4n) is 2.93. The van der Waals surface area contributed by atoms with Crippen LogP contribution in [0, 0.1) is 11.8 Å². The lowest BCUT2D eigenvalue weighted by atomic mass is 9.87. The van der Waals surface area contributed by atoms with Gasteiger partial charge in [0.05, 0.1) is 0 Å². The lowest BCUT2D eigenvalue weighted by Gasteiger charge is -2.16. The Morgan fingerprint density at radius 3 is 2.68 bits per heavy atom. The molecule has 0 saturated carbocycles. The Labute approximate surface area is 132 Å². The fraction of sp³-hybridized carbons (Fsp3) is 0.368. The number of rotatable bonds is 7. The molecule has 3 heteroatoms. The van der Waals surface area contributed by atoms with E-state index in [1.54, 1.807) is 6.20 Å². The minimum atomic E-state index is 0.0560. The Balaban J connectivity index is 2.42. The molecule has 0 radical (unpaired) electrons. The summed E-state index contributed by atoms with van der Waals surface area (Å²) in [6.07, 6.45) is 6.19. The first-order valence-corrected chi connectivity index (χ1v) is 7.85. The first-order chi connectivity index (χ1) is 10.7. The summed E-state index contributed by atoms with van der Waals surface area (Å²) in [5.41, 5.74) is 3.58. The monoisotopic (exact) mass is 296 g/mol. The van der Waals surface area contributed by atoms with Crippen molar-refractivity contribution in [3.63, 3.8) is 0 Å². The summed E-state index contributed by atoms with van der Waals surface area (Å²) in [6, 6.07) is 10.5. The zero-order chi connectivity index (χ0) is 15.9. The van der Waals surface area contributed by atoms with Crippen LogP contribution < -0.4 is 5.32 Å². The third-order valence-corrected chi connectivity index (χ3v) is 4.25. The molecule has 3 nitrogen and oxygen atoms in total. The van der Waals surface area contributed by atoms with Crippen LogP contribution in [0.4, 0.5) is 0 Å². The van der Waals surface area contributed by atoms with E-state index in [0.29, 0.717) is 0 Å². The van der Waals surface area contributed by atoms with Crippen LogP contribution in [0.25, 0.3) is 5.70 Å². The van der Waals surface area contributed by atoms with E-state index < -0.39 is 0 Å². The molecule has 1 N–H and O–H groups in total. The van der Waals surface area contributed by atoms with Crippen molar-refractivity contribution in [3.05, 3.63) is 54.2 Å². The standard InChI is InChI=1S/C19H24N2O/c1-4-15(13-22)11-17-18(12-20-5-2)14(3)21-19(17)16-9-7-6-8-10-16/h5-10,12-15,18,21H,2,4,11H2,1,3H3/b20-12-. The highest BCUT2D eigenvalue weighted by molar-refractivity contribution is 5.80. The van der Waals surface area contributed by atoms with Crippen LogP contribution in [-0.4, -0.2) is 18.5 Å². The maximum atomic E-state index is 11.3. The van der Waals surface area contributed by atoms with Crippen molar-refractivity contribution in [2.45, 2.75) is 32.7 Å². The molecule has 0 amide bonds. The third kappa shape index (κ3) is 3.53. The molecule has 0 spiro atoms. The van der Waals surface area contributed by atoms with Gasteiger partial charge in [-0.15, -0.1) is 0 Å². The number of carbonyl (C=O) groups is 1. The van der Waals surface area contributed by atoms with Gasteiger partial charge in [-0.3, -0.25) is 4.99 Å². The van der Waals surface area contributed by atoms with Gasteiger partial charge in [0.15, 0.2) is 0 Å². The van der Waals surface area contributed by atoms with E-state index in [1.165, 1.54) is 11.1 Å². The van der Waals surface area contributed by atoms with Gasteiger partial charge in [0.2, 0.25) is 0 Å². The highest BCUT2D eigenvalue weighted by atomic mass is 16.1. The number of nitrogens with zero attached hydrogens (tertiary/aromatic N) is 1. The number of carbonyl (C=O) groups excluding carboxylic acids is 1. The van der Waals surface area contributed by atoms with Crippen LogP contribution in [-0.2, 0) is 4.79 Å². The molecular formula is C19H24N2O. The molecule has 0 aromatic heterocycles. The number of aldehydes is 1. The quantitative estimate of drug-likeness (QED) is 0.613. The Hall–Kier alpha value is -2.16. The van der Waals surface area contributed by atoms with Gasteiger partial charge < -0.3 is 10.1 Å². The maximum absolute atomic E-state index is 11.3. The average Bonchev–Trinajstić information content (AvgIpc) is 2.87. The molecule has 2 rings (SSSR count). The Morgan fingerprint density at radius 2 is 2.09 bits per heavy atom. The van der Waals surface area contributed by atoms with Gasteiger partial charge in [-0.25, -0.2) is 0 Å². The number of aliphatic imine (C=N–C) groups is 1. The van der Waals surface area contributed by atoms with Gasteiger partial charge >= 0.3 is 0 Å². The van der Waals surface area contributed by atoms with Gasteiger partial charge in [-0.1, -0.05) is 43.8 Å². The van der Waals surface area contributed by atoms with Gasteiger partial charge in [-0.2, -0.15) is 0 Å². The van der Waals surface area contributed by atoms with E-state index in [2.05, 4.69) is 42.9 Å². The number of benzene rings is 1. The van der Waals surface area contributed by atoms with Crippen molar-refractivity contribution in [2.24, 2.45) is 16.8 Å². The van der Waals surface area contributed by atoms with Gasteiger partial charge in [0.25, 0.3) is 0 Å². The number of hydrogen-bond donors (Lipinski definition) is 1. The molecule has 0 bridgehead atoms. The predicted octanol–water partition coefficient (Wildman–Crippen LogP) is 3.84. The SMILES string of the molecule is C=C/N=C\C1C(CC(C=O)CC)=C(c2ccccc2)NC1C. The molecule has 3 atom stereocenters. The summed E-state index contributed by atoms with van der Waals surface area (Å²) in [4.78, 5) is 15.5. The van der Waals surface area contributed by atoms with Crippen LogP contribution in [0.3, 0.4) is 0 Å². The van der Waals surface area contributed by atoms with Crippen LogP contribution in [0.2, 0.25) is 0 Å². The fourth-order valence-corrected chi connectivity index (χ4v) is 2.93. The molecule has 1 aliphatic heterocycles. The van der Waals surface area contributed by atoms with E-state index in [0.717, 1.165) is 24.8 Å². The molecule has 1 aromatic carbocycles. The lowest BCUT2D eigenvalue weighted by molar-refractivity contribution is -0.111. The molecule has 0 aliphatic carbocycles. The number of nitrogens with one attached hydrogen (secondary N) is 1. The summed E-state index contributed by atoms with van der Waals surface area (Å²) in [7, 11) is 0. The van der Waals surface area contributed by atoms with Crippen LogP contribution in [0.5, 0.6) is 0 Å². The summed E-state index contributed by atoms with van der Waals surface area (Å²) in [5, 5.41) is 3.57. The van der Waals surface area contributed by atoms with Crippen LogP contribution in [0.15, 0.2) is 53.7 Å². The van der Waals surface area contributed by atoms with Crippen molar-refractivity contribution in [3.8, 4) is 0 Å². The lowest BCUT2D eigenvalue weighted by Crippen LogP contribution is -2.26. The molecule has 1 aliphatic rings. The van der Waals surface area contributed by atoms with E-state index >= 15 is 0 Å². The largest absolute Gasteiger partial charge is 0.381 e. The normalized spacial score (nSPS) is 22.6. The highest BCUT2D eigenvalue weighted by Crippen LogP contribution is 2.35.